The lowest BCUT2D eigenvalue weighted by Gasteiger charge is -2.24. The van der Waals surface area contributed by atoms with E-state index in [2.05, 4.69) is 146 Å². The SMILES string of the molecule is N=P(c1ccccc1)(c1ccccc1)c1ccc(-c2cccc(-c3nc4cccc(-c5ccccc5)c4c4c3sc3ccccc34)c2)cc1. The number of aromatic nitrogens is 1. The Hall–Kier alpha value is -5.60. The third-order valence-electron chi connectivity index (χ3n) is 9.43. The Morgan fingerprint density at radius 1 is 0.449 bits per heavy atom. The molecule has 0 amide bonds. The number of hydrogen-bond acceptors (Lipinski definition) is 3. The zero-order valence-electron chi connectivity index (χ0n) is 26.6. The van der Waals surface area contributed by atoms with Crippen LogP contribution in [-0.2, 0) is 0 Å². The van der Waals surface area contributed by atoms with Crippen LogP contribution in [0.3, 0.4) is 0 Å². The first-order valence-electron chi connectivity index (χ1n) is 16.4. The van der Waals surface area contributed by atoms with Crippen LogP contribution in [0.4, 0.5) is 0 Å². The fraction of sp³-hybridized carbons (Fsp3) is 0. The molecule has 0 bridgehead atoms. The molecule has 0 aliphatic rings. The first kappa shape index (κ1) is 29.5. The minimum atomic E-state index is -2.55. The number of hydrogen-bond donors (Lipinski definition) is 1. The molecule has 232 valence electrons. The van der Waals surface area contributed by atoms with Gasteiger partial charge in [-0.25, -0.2) is 4.98 Å². The Labute approximate surface area is 289 Å². The molecule has 49 heavy (non-hydrogen) atoms. The maximum atomic E-state index is 9.93. The topological polar surface area (TPSA) is 36.7 Å². The van der Waals surface area contributed by atoms with Crippen LogP contribution < -0.4 is 15.9 Å². The fourth-order valence-corrected chi connectivity index (χ4v) is 11.0. The zero-order valence-corrected chi connectivity index (χ0v) is 28.3. The molecule has 0 spiro atoms. The number of nitrogens with one attached hydrogen (secondary N) is 1. The van der Waals surface area contributed by atoms with Crippen LogP contribution in [0.25, 0.3) is 64.6 Å². The van der Waals surface area contributed by atoms with Crippen molar-refractivity contribution in [1.82, 2.24) is 4.98 Å². The van der Waals surface area contributed by atoms with Crippen molar-refractivity contribution in [3.8, 4) is 33.5 Å². The molecule has 0 atom stereocenters. The fourth-order valence-electron chi connectivity index (χ4n) is 7.06. The molecule has 1 N–H and O–H groups in total. The Morgan fingerprint density at radius 2 is 1.02 bits per heavy atom. The molecule has 7 aromatic carbocycles. The molecule has 9 rings (SSSR count). The predicted octanol–water partition coefficient (Wildman–Crippen LogP) is 11.7. The van der Waals surface area contributed by atoms with Gasteiger partial charge >= 0.3 is 0 Å². The minimum Gasteiger partial charge on any atom is -0.305 e. The summed E-state index contributed by atoms with van der Waals surface area (Å²) in [6, 6.07) is 63.9. The Morgan fingerprint density at radius 3 is 1.73 bits per heavy atom. The van der Waals surface area contributed by atoms with Crippen molar-refractivity contribution in [2.45, 2.75) is 0 Å². The lowest BCUT2D eigenvalue weighted by Crippen LogP contribution is -2.24. The largest absolute Gasteiger partial charge is 0.305 e. The van der Waals surface area contributed by atoms with E-state index in [1.54, 1.807) is 0 Å². The smallest absolute Gasteiger partial charge is 0.0888 e. The summed E-state index contributed by atoms with van der Waals surface area (Å²) in [6.45, 7) is 0. The van der Waals surface area contributed by atoms with Gasteiger partial charge in [0.2, 0.25) is 0 Å². The van der Waals surface area contributed by atoms with Crippen LogP contribution >= 0.6 is 18.4 Å². The summed E-state index contributed by atoms with van der Waals surface area (Å²) < 4.78 is 2.47. The lowest BCUT2D eigenvalue weighted by molar-refractivity contribution is 1.43. The van der Waals surface area contributed by atoms with Crippen LogP contribution in [0.15, 0.2) is 182 Å². The van der Waals surface area contributed by atoms with Crippen molar-refractivity contribution in [2.75, 3.05) is 0 Å². The van der Waals surface area contributed by atoms with Gasteiger partial charge in [0, 0.05) is 26.4 Å². The quantitative estimate of drug-likeness (QED) is 0.177. The van der Waals surface area contributed by atoms with Gasteiger partial charge in [0.05, 0.1) is 23.0 Å². The molecule has 0 saturated carbocycles. The highest BCUT2D eigenvalue weighted by Crippen LogP contribution is 2.46. The molecule has 0 unspecified atom stereocenters. The van der Waals surface area contributed by atoms with Gasteiger partial charge in [0.25, 0.3) is 0 Å². The number of rotatable bonds is 6. The number of fused-ring (bicyclic) bond motifs is 5. The van der Waals surface area contributed by atoms with E-state index in [1.807, 2.05) is 47.7 Å². The summed E-state index contributed by atoms with van der Waals surface area (Å²) >= 11 is 1.82. The van der Waals surface area contributed by atoms with Crippen molar-refractivity contribution >= 4 is 65.4 Å². The molecule has 2 aromatic heterocycles. The molecule has 0 aliphatic carbocycles. The highest BCUT2D eigenvalue weighted by atomic mass is 32.1. The molecule has 0 radical (unpaired) electrons. The third kappa shape index (κ3) is 5.02. The summed E-state index contributed by atoms with van der Waals surface area (Å²) in [6.07, 6.45) is 0. The monoisotopic (exact) mass is 662 g/mol. The van der Waals surface area contributed by atoms with Crippen molar-refractivity contribution < 1.29 is 0 Å². The van der Waals surface area contributed by atoms with E-state index in [0.717, 1.165) is 43.8 Å². The Bertz CT molecular complexity index is 2620. The number of nitrogens with zero attached hydrogens (tertiary/aromatic N) is 1. The summed E-state index contributed by atoms with van der Waals surface area (Å²) in [5.41, 5.74) is 7.77. The summed E-state index contributed by atoms with van der Waals surface area (Å²) in [7, 11) is -2.55. The highest BCUT2D eigenvalue weighted by Gasteiger charge is 2.25. The van der Waals surface area contributed by atoms with E-state index in [4.69, 9.17) is 4.98 Å². The van der Waals surface area contributed by atoms with Crippen molar-refractivity contribution in [3.05, 3.63) is 182 Å². The number of pyridine rings is 1. The van der Waals surface area contributed by atoms with E-state index in [1.165, 1.54) is 36.7 Å². The molecule has 2 nitrogen and oxygen atoms in total. The maximum Gasteiger partial charge on any atom is 0.0888 e. The minimum absolute atomic E-state index is 1.000. The molecular weight excluding hydrogens is 632 g/mol. The molecule has 2 heterocycles. The normalized spacial score (nSPS) is 11.8. The molecular formula is C45H31N2PS. The van der Waals surface area contributed by atoms with Gasteiger partial charge in [0.1, 0.15) is 0 Å². The van der Waals surface area contributed by atoms with Gasteiger partial charge in [-0.2, -0.15) is 0 Å². The van der Waals surface area contributed by atoms with Gasteiger partial charge in [-0.1, -0.05) is 164 Å². The zero-order chi connectivity index (χ0) is 32.8. The van der Waals surface area contributed by atoms with Gasteiger partial charge < -0.3 is 5.16 Å². The molecule has 0 fully saturated rings. The van der Waals surface area contributed by atoms with Crippen LogP contribution in [0.1, 0.15) is 0 Å². The van der Waals surface area contributed by atoms with E-state index in [9.17, 15) is 5.16 Å². The third-order valence-corrected chi connectivity index (χ3v) is 13.8. The van der Waals surface area contributed by atoms with E-state index in [-0.39, 0.29) is 0 Å². The average Bonchev–Trinajstić information content (AvgIpc) is 3.58. The Balaban J connectivity index is 1.19. The number of thiophene rings is 1. The van der Waals surface area contributed by atoms with Gasteiger partial charge in [-0.15, -0.1) is 11.3 Å². The molecule has 0 aliphatic heterocycles. The van der Waals surface area contributed by atoms with Gasteiger partial charge in [-0.05, 0) is 56.4 Å². The van der Waals surface area contributed by atoms with Crippen molar-refractivity contribution in [1.29, 1.82) is 5.16 Å². The highest BCUT2D eigenvalue weighted by molar-refractivity contribution is 7.86. The molecule has 9 aromatic rings. The number of benzene rings is 7. The maximum absolute atomic E-state index is 9.93. The summed E-state index contributed by atoms with van der Waals surface area (Å²) in [5.74, 6) is 0. The van der Waals surface area contributed by atoms with Gasteiger partial charge in [-0.3, -0.25) is 0 Å². The van der Waals surface area contributed by atoms with Gasteiger partial charge in [0.15, 0.2) is 0 Å². The van der Waals surface area contributed by atoms with Crippen LogP contribution in [0.5, 0.6) is 0 Å². The molecule has 4 heteroatoms. The van der Waals surface area contributed by atoms with Crippen LogP contribution in [0.2, 0.25) is 0 Å². The Kier molecular flexibility index (Phi) is 7.31. The van der Waals surface area contributed by atoms with Crippen LogP contribution in [-0.4, -0.2) is 4.98 Å². The van der Waals surface area contributed by atoms with E-state index in [0.29, 0.717) is 0 Å². The average molecular weight is 663 g/mol. The van der Waals surface area contributed by atoms with Crippen molar-refractivity contribution in [3.63, 3.8) is 0 Å². The second-order valence-electron chi connectivity index (χ2n) is 12.3. The van der Waals surface area contributed by atoms with Crippen molar-refractivity contribution in [2.24, 2.45) is 0 Å². The summed E-state index contributed by atoms with van der Waals surface area (Å²) in [5, 5.41) is 16.8. The predicted molar refractivity (Wildman–Crippen MR) is 212 cm³/mol. The van der Waals surface area contributed by atoms with E-state index < -0.39 is 7.05 Å². The van der Waals surface area contributed by atoms with Crippen LogP contribution in [0, 0.1) is 5.16 Å². The summed E-state index contributed by atoms with van der Waals surface area (Å²) in [4.78, 5) is 5.39. The second kappa shape index (κ2) is 12.1. The first-order valence-corrected chi connectivity index (χ1v) is 19.1. The van der Waals surface area contributed by atoms with E-state index >= 15 is 0 Å². The second-order valence-corrected chi connectivity index (χ2v) is 16.2. The molecule has 0 saturated heterocycles. The lowest BCUT2D eigenvalue weighted by atomic mass is 9.95. The standard InChI is InChI=1S/C45H31N2PS/c46-48(35-18-6-2-7-19-35,36-20-8-3-9-21-36)37-28-26-31(27-29-37)33-16-12-17-34(30-33)44-45-43(39-22-10-11-25-41(39)49-45)42-38(23-13-24-40(42)47-44)32-14-4-1-5-15-32/h1-30,46H. The first-order chi connectivity index (χ1) is 24.2.